The highest BCUT2D eigenvalue weighted by molar-refractivity contribution is 5.85. The molecule has 168 valence electrons. The Morgan fingerprint density at radius 1 is 0.967 bits per heavy atom. The van der Waals surface area contributed by atoms with Gasteiger partial charge in [-0.2, -0.15) is 0 Å². The van der Waals surface area contributed by atoms with Gasteiger partial charge in [-0.1, -0.05) is 38.1 Å². The van der Waals surface area contributed by atoms with Gasteiger partial charge in [0.15, 0.2) is 0 Å². The second kappa shape index (κ2) is 11.3. The van der Waals surface area contributed by atoms with E-state index < -0.39 is 0 Å². The average Bonchev–Trinajstić information content (AvgIpc) is 2.69. The first kappa shape index (κ1) is 26.7. The maximum Gasteiger partial charge on any atom is 0.123 e. The molecule has 30 heavy (non-hydrogen) atoms. The van der Waals surface area contributed by atoms with Gasteiger partial charge in [0.05, 0.1) is 12.7 Å². The molecule has 0 bridgehead atoms. The molecule has 2 heterocycles. The third kappa shape index (κ3) is 5.86. The minimum Gasteiger partial charge on any atom is -0.412 e. The maximum atomic E-state index is 13.1. The van der Waals surface area contributed by atoms with Gasteiger partial charge in [-0.25, -0.2) is 4.39 Å². The van der Waals surface area contributed by atoms with Gasteiger partial charge >= 0.3 is 0 Å². The number of piperazine rings is 1. The molecule has 7 heteroatoms. The number of nitrogens with zero attached hydrogens (tertiary/aromatic N) is 2. The maximum absolute atomic E-state index is 13.1. The highest BCUT2D eigenvalue weighted by atomic mass is 35.5. The second-order valence-corrected chi connectivity index (χ2v) is 8.36. The van der Waals surface area contributed by atoms with Crippen LogP contribution in [0.25, 0.3) is 0 Å². The third-order valence-electron chi connectivity index (χ3n) is 5.95. The SMILES string of the molecule is CC1(C)COC(CCN2CCN(c3ccc(F)cc3)CC2)c2ccccc21.Cl.Cl.O. The van der Waals surface area contributed by atoms with Crippen molar-refractivity contribution in [2.24, 2.45) is 0 Å². The normalized spacial score (nSPS) is 20.2. The molecule has 0 radical (unpaired) electrons. The van der Waals surface area contributed by atoms with Gasteiger partial charge in [0.2, 0.25) is 0 Å². The van der Waals surface area contributed by atoms with Gasteiger partial charge in [0.1, 0.15) is 5.82 Å². The zero-order valence-corrected chi connectivity index (χ0v) is 19.3. The summed E-state index contributed by atoms with van der Waals surface area (Å²) in [6.07, 6.45) is 1.23. The summed E-state index contributed by atoms with van der Waals surface area (Å²) in [4.78, 5) is 4.86. The predicted octanol–water partition coefficient (Wildman–Crippen LogP) is 4.41. The van der Waals surface area contributed by atoms with E-state index in [4.69, 9.17) is 4.74 Å². The van der Waals surface area contributed by atoms with Crippen molar-refractivity contribution in [2.45, 2.75) is 31.8 Å². The van der Waals surface area contributed by atoms with Crippen LogP contribution in [0.1, 0.15) is 37.5 Å². The van der Waals surface area contributed by atoms with Crippen molar-refractivity contribution in [2.75, 3.05) is 44.2 Å². The number of rotatable bonds is 4. The van der Waals surface area contributed by atoms with Crippen LogP contribution in [0.4, 0.5) is 10.1 Å². The summed E-state index contributed by atoms with van der Waals surface area (Å²) < 4.78 is 19.3. The van der Waals surface area contributed by atoms with Crippen molar-refractivity contribution < 1.29 is 14.6 Å². The van der Waals surface area contributed by atoms with Crippen LogP contribution in [0.3, 0.4) is 0 Å². The molecule has 2 aliphatic heterocycles. The predicted molar refractivity (Wildman–Crippen MR) is 126 cm³/mol. The molecule has 1 saturated heterocycles. The van der Waals surface area contributed by atoms with Crippen LogP contribution in [-0.2, 0) is 10.2 Å². The summed E-state index contributed by atoms with van der Waals surface area (Å²) in [5, 5.41) is 0. The molecule has 4 rings (SSSR count). The fraction of sp³-hybridized carbons (Fsp3) is 0.478. The van der Waals surface area contributed by atoms with E-state index in [2.05, 4.69) is 47.9 Å². The van der Waals surface area contributed by atoms with E-state index in [0.717, 1.165) is 51.4 Å². The molecule has 2 aliphatic rings. The van der Waals surface area contributed by atoms with Gasteiger partial charge in [0, 0.05) is 43.8 Å². The van der Waals surface area contributed by atoms with E-state index in [1.54, 1.807) is 12.1 Å². The topological polar surface area (TPSA) is 47.2 Å². The molecule has 1 fully saturated rings. The van der Waals surface area contributed by atoms with E-state index in [0.29, 0.717) is 0 Å². The second-order valence-electron chi connectivity index (χ2n) is 8.36. The molecule has 1 atom stereocenters. The average molecular weight is 459 g/mol. The summed E-state index contributed by atoms with van der Waals surface area (Å²) in [7, 11) is 0. The van der Waals surface area contributed by atoms with Crippen molar-refractivity contribution in [3.63, 3.8) is 0 Å². The fourth-order valence-corrected chi connectivity index (χ4v) is 4.29. The molecule has 0 aromatic heterocycles. The van der Waals surface area contributed by atoms with Gasteiger partial charge in [0.25, 0.3) is 0 Å². The number of benzene rings is 2. The molecular weight excluding hydrogens is 426 g/mol. The Balaban J connectivity index is 0.00000150. The minimum atomic E-state index is -0.173. The van der Waals surface area contributed by atoms with Crippen LogP contribution in [0.15, 0.2) is 48.5 Å². The van der Waals surface area contributed by atoms with E-state index >= 15 is 0 Å². The van der Waals surface area contributed by atoms with E-state index in [-0.39, 0.29) is 47.6 Å². The number of hydrogen-bond donors (Lipinski definition) is 0. The first-order valence-electron chi connectivity index (χ1n) is 9.97. The summed E-state index contributed by atoms with van der Waals surface area (Å²) in [6.45, 7) is 10.4. The molecule has 1 unspecified atom stereocenters. The molecular formula is C23H33Cl2FN2O2. The molecule has 0 saturated carbocycles. The Morgan fingerprint density at radius 2 is 1.60 bits per heavy atom. The lowest BCUT2D eigenvalue weighted by Crippen LogP contribution is -2.47. The summed E-state index contributed by atoms with van der Waals surface area (Å²) in [5.41, 5.74) is 4.00. The van der Waals surface area contributed by atoms with Crippen LogP contribution in [0.2, 0.25) is 0 Å². The highest BCUT2D eigenvalue weighted by Crippen LogP contribution is 2.39. The van der Waals surface area contributed by atoms with Crippen LogP contribution in [0, 0.1) is 5.82 Å². The van der Waals surface area contributed by atoms with Crippen molar-refractivity contribution >= 4 is 30.5 Å². The Morgan fingerprint density at radius 3 is 2.27 bits per heavy atom. The molecule has 2 aromatic rings. The minimum absolute atomic E-state index is 0. The van der Waals surface area contributed by atoms with Crippen molar-refractivity contribution in [1.82, 2.24) is 4.90 Å². The van der Waals surface area contributed by atoms with Gasteiger partial charge in [-0.15, -0.1) is 24.8 Å². The quantitative estimate of drug-likeness (QED) is 0.681. The molecule has 4 nitrogen and oxygen atoms in total. The van der Waals surface area contributed by atoms with E-state index in [1.165, 1.54) is 11.1 Å². The zero-order chi connectivity index (χ0) is 18.9. The lowest BCUT2D eigenvalue weighted by atomic mass is 9.78. The van der Waals surface area contributed by atoms with E-state index in [1.807, 2.05) is 12.1 Å². The van der Waals surface area contributed by atoms with Crippen molar-refractivity contribution in [1.29, 1.82) is 0 Å². The summed E-state index contributed by atoms with van der Waals surface area (Å²) >= 11 is 0. The monoisotopic (exact) mass is 458 g/mol. The molecule has 2 aromatic carbocycles. The number of fused-ring (bicyclic) bond motifs is 1. The molecule has 0 aliphatic carbocycles. The molecule has 2 N–H and O–H groups in total. The van der Waals surface area contributed by atoms with Crippen molar-refractivity contribution in [3.05, 3.63) is 65.5 Å². The lowest BCUT2D eigenvalue weighted by molar-refractivity contribution is -0.00324. The fourth-order valence-electron chi connectivity index (χ4n) is 4.29. The first-order chi connectivity index (χ1) is 13.0. The lowest BCUT2D eigenvalue weighted by Gasteiger charge is -2.39. The Labute approximate surface area is 191 Å². The number of halogens is 3. The largest absolute Gasteiger partial charge is 0.412 e. The Kier molecular flexibility index (Phi) is 10.0. The number of hydrogen-bond acceptors (Lipinski definition) is 3. The van der Waals surface area contributed by atoms with E-state index in [9.17, 15) is 4.39 Å². The third-order valence-corrected chi connectivity index (χ3v) is 5.95. The van der Waals surface area contributed by atoms with Crippen LogP contribution >= 0.6 is 24.8 Å². The summed E-state index contributed by atoms with van der Waals surface area (Å²) in [6, 6.07) is 15.6. The standard InChI is InChI=1S/C23H29FN2O.2ClH.H2O/c1-23(2)17-27-22(20-5-3-4-6-21(20)23)11-12-25-13-15-26(16-14-25)19-9-7-18(24)8-10-19;;;/h3-10,22H,11-17H2,1-2H3;2*1H;1H2. The molecule has 0 spiro atoms. The first-order valence-corrected chi connectivity index (χ1v) is 9.97. The highest BCUT2D eigenvalue weighted by Gasteiger charge is 2.33. The van der Waals surface area contributed by atoms with Gasteiger partial charge in [-0.05, 0) is 41.8 Å². The van der Waals surface area contributed by atoms with Crippen LogP contribution in [-0.4, -0.2) is 49.7 Å². The Bertz CT molecular complexity index is 781. The Hall–Kier alpha value is -1.37. The smallest absolute Gasteiger partial charge is 0.123 e. The van der Waals surface area contributed by atoms with Gasteiger partial charge in [-0.3, -0.25) is 4.90 Å². The summed E-state index contributed by atoms with van der Waals surface area (Å²) in [5.74, 6) is -0.173. The zero-order valence-electron chi connectivity index (χ0n) is 17.6. The van der Waals surface area contributed by atoms with Crippen molar-refractivity contribution in [3.8, 4) is 0 Å². The molecule has 0 amide bonds. The number of ether oxygens (including phenoxy) is 1. The van der Waals surface area contributed by atoms with Gasteiger partial charge < -0.3 is 15.1 Å². The number of anilines is 1. The van der Waals surface area contributed by atoms with Crippen LogP contribution in [0.5, 0.6) is 0 Å². The van der Waals surface area contributed by atoms with Crippen LogP contribution < -0.4 is 4.90 Å².